The molecule has 5 nitrogen and oxygen atoms in total. The predicted molar refractivity (Wildman–Crippen MR) is 105 cm³/mol. The lowest BCUT2D eigenvalue weighted by atomic mass is 10.0. The number of hydrogen-bond donors (Lipinski definition) is 1. The Morgan fingerprint density at radius 2 is 1.59 bits per heavy atom. The van der Waals surface area contributed by atoms with Crippen LogP contribution >= 0.6 is 0 Å². The first-order valence-corrected chi connectivity index (χ1v) is 9.43. The van der Waals surface area contributed by atoms with Gasteiger partial charge in [0.15, 0.2) is 0 Å². The molecule has 1 N–H and O–H groups in total. The number of aryl methyl sites for hydroxylation is 2. The molecule has 2 aromatic carbocycles. The molecule has 1 unspecified atom stereocenters. The van der Waals surface area contributed by atoms with E-state index < -0.39 is 6.04 Å². The molecule has 1 saturated heterocycles. The fourth-order valence-electron chi connectivity index (χ4n) is 3.29. The van der Waals surface area contributed by atoms with Gasteiger partial charge in [-0.05, 0) is 54.5 Å². The summed E-state index contributed by atoms with van der Waals surface area (Å²) >= 11 is 0. The van der Waals surface area contributed by atoms with Crippen LogP contribution in [-0.4, -0.2) is 30.0 Å². The van der Waals surface area contributed by atoms with Crippen molar-refractivity contribution in [3.05, 3.63) is 65.2 Å². The van der Waals surface area contributed by atoms with Crippen LogP contribution in [0.1, 0.15) is 36.5 Å². The third-order valence-electron chi connectivity index (χ3n) is 5.00. The highest BCUT2D eigenvalue weighted by Gasteiger charge is 2.37. The molecular weight excluding hydrogens is 340 g/mol. The van der Waals surface area contributed by atoms with Gasteiger partial charge in [-0.25, -0.2) is 4.79 Å². The van der Waals surface area contributed by atoms with E-state index in [-0.39, 0.29) is 11.9 Å². The molecule has 1 atom stereocenters. The summed E-state index contributed by atoms with van der Waals surface area (Å²) in [6, 6.07) is 15.2. The molecule has 27 heavy (non-hydrogen) atoms. The molecule has 1 aliphatic heterocycles. The number of carbonyl (C=O) groups is 2. The van der Waals surface area contributed by atoms with Gasteiger partial charge in [0.25, 0.3) is 5.91 Å². The number of urea groups is 1. The normalized spacial score (nSPS) is 16.5. The number of methoxy groups -OCH3 is 1. The number of hydrogen-bond acceptors (Lipinski definition) is 3. The predicted octanol–water partition coefficient (Wildman–Crippen LogP) is 3.70. The summed E-state index contributed by atoms with van der Waals surface area (Å²) in [7, 11) is 1.65. The van der Waals surface area contributed by atoms with Gasteiger partial charge in [-0.3, -0.25) is 9.69 Å². The topological polar surface area (TPSA) is 58.6 Å². The summed E-state index contributed by atoms with van der Waals surface area (Å²) in [6.07, 6.45) is 3.31. The van der Waals surface area contributed by atoms with Crippen molar-refractivity contribution in [3.63, 3.8) is 0 Å². The van der Waals surface area contributed by atoms with Gasteiger partial charge in [0.05, 0.1) is 13.7 Å². The molecule has 0 bridgehead atoms. The van der Waals surface area contributed by atoms with Gasteiger partial charge >= 0.3 is 6.03 Å². The number of imide groups is 1. The lowest BCUT2D eigenvalue weighted by Crippen LogP contribution is -2.31. The van der Waals surface area contributed by atoms with E-state index >= 15 is 0 Å². The minimum atomic E-state index is -0.425. The molecule has 1 heterocycles. The maximum Gasteiger partial charge on any atom is 0.325 e. The van der Waals surface area contributed by atoms with Crippen LogP contribution in [0.15, 0.2) is 48.5 Å². The first-order valence-electron chi connectivity index (χ1n) is 9.43. The van der Waals surface area contributed by atoms with Crippen molar-refractivity contribution in [3.8, 4) is 5.75 Å². The molecule has 0 spiro atoms. The molecule has 1 fully saturated rings. The van der Waals surface area contributed by atoms with Crippen LogP contribution in [0.3, 0.4) is 0 Å². The number of nitrogens with zero attached hydrogens (tertiary/aromatic N) is 1. The molecule has 5 heteroatoms. The smallest absolute Gasteiger partial charge is 0.325 e. The quantitative estimate of drug-likeness (QED) is 0.725. The number of benzene rings is 2. The largest absolute Gasteiger partial charge is 0.497 e. The Bertz CT molecular complexity index is 784. The van der Waals surface area contributed by atoms with Crippen molar-refractivity contribution >= 4 is 11.9 Å². The number of nitrogens with one attached hydrogen (secondary N) is 1. The minimum absolute atomic E-state index is 0.130. The second kappa shape index (κ2) is 8.71. The van der Waals surface area contributed by atoms with Crippen LogP contribution < -0.4 is 10.1 Å². The van der Waals surface area contributed by atoms with Gasteiger partial charge in [0.2, 0.25) is 0 Å². The van der Waals surface area contributed by atoms with Crippen molar-refractivity contribution in [1.82, 2.24) is 10.2 Å². The first-order chi connectivity index (χ1) is 13.1. The summed E-state index contributed by atoms with van der Waals surface area (Å²) < 4.78 is 5.16. The second-order valence-electron chi connectivity index (χ2n) is 6.84. The van der Waals surface area contributed by atoms with Crippen molar-refractivity contribution < 1.29 is 14.3 Å². The van der Waals surface area contributed by atoms with Gasteiger partial charge in [0, 0.05) is 0 Å². The second-order valence-corrected chi connectivity index (χ2v) is 6.84. The molecule has 3 rings (SSSR count). The lowest BCUT2D eigenvalue weighted by molar-refractivity contribution is -0.128. The zero-order valence-corrected chi connectivity index (χ0v) is 15.9. The molecule has 1 aliphatic rings. The van der Waals surface area contributed by atoms with E-state index in [1.165, 1.54) is 16.0 Å². The van der Waals surface area contributed by atoms with Gasteiger partial charge in [-0.1, -0.05) is 43.3 Å². The van der Waals surface area contributed by atoms with Crippen LogP contribution in [0, 0.1) is 0 Å². The Morgan fingerprint density at radius 1 is 0.963 bits per heavy atom. The number of ether oxygens (including phenoxy) is 1. The average molecular weight is 366 g/mol. The third-order valence-corrected chi connectivity index (χ3v) is 5.00. The van der Waals surface area contributed by atoms with Crippen LogP contribution in [0.4, 0.5) is 4.79 Å². The first kappa shape index (κ1) is 19.0. The highest BCUT2D eigenvalue weighted by molar-refractivity contribution is 6.04. The zero-order valence-electron chi connectivity index (χ0n) is 15.9. The SMILES string of the molecule is CCc1ccc(CN2C(=O)NC(CCCc3ccc(OC)cc3)C2=O)cc1. The molecule has 0 aromatic heterocycles. The molecular formula is C22H26N2O3. The Kier molecular flexibility index (Phi) is 6.12. The third kappa shape index (κ3) is 4.67. The lowest BCUT2D eigenvalue weighted by Gasteiger charge is -2.13. The van der Waals surface area contributed by atoms with E-state index in [1.54, 1.807) is 7.11 Å². The summed E-state index contributed by atoms with van der Waals surface area (Å²) in [5, 5.41) is 2.82. The zero-order chi connectivity index (χ0) is 19.2. The van der Waals surface area contributed by atoms with Crippen molar-refractivity contribution in [1.29, 1.82) is 0 Å². The molecule has 142 valence electrons. The monoisotopic (exact) mass is 366 g/mol. The summed E-state index contributed by atoms with van der Waals surface area (Å²) in [5.41, 5.74) is 3.40. The average Bonchev–Trinajstić information content (AvgIpc) is 2.96. The van der Waals surface area contributed by atoms with Crippen molar-refractivity contribution in [2.24, 2.45) is 0 Å². The molecule has 0 aliphatic carbocycles. The number of rotatable bonds is 8. The minimum Gasteiger partial charge on any atom is -0.497 e. The summed E-state index contributed by atoms with van der Waals surface area (Å²) in [6.45, 7) is 2.42. The van der Waals surface area contributed by atoms with Crippen LogP contribution in [0.2, 0.25) is 0 Å². The van der Waals surface area contributed by atoms with Crippen LogP contribution in [-0.2, 0) is 24.2 Å². The number of amides is 3. The van der Waals surface area contributed by atoms with E-state index in [2.05, 4.69) is 12.2 Å². The van der Waals surface area contributed by atoms with E-state index in [0.29, 0.717) is 13.0 Å². The summed E-state index contributed by atoms with van der Waals surface area (Å²) in [5.74, 6) is 0.703. The van der Waals surface area contributed by atoms with Gasteiger partial charge in [0.1, 0.15) is 11.8 Å². The molecule has 3 amide bonds. The van der Waals surface area contributed by atoms with Gasteiger partial charge in [-0.15, -0.1) is 0 Å². The van der Waals surface area contributed by atoms with Crippen molar-refractivity contribution in [2.75, 3.05) is 7.11 Å². The Morgan fingerprint density at radius 3 is 2.22 bits per heavy atom. The van der Waals surface area contributed by atoms with Gasteiger partial charge < -0.3 is 10.1 Å². The van der Waals surface area contributed by atoms with Crippen molar-refractivity contribution in [2.45, 2.75) is 45.2 Å². The number of carbonyl (C=O) groups excluding carboxylic acids is 2. The Balaban J connectivity index is 1.51. The Labute approximate surface area is 160 Å². The van der Waals surface area contributed by atoms with E-state index in [9.17, 15) is 9.59 Å². The fourth-order valence-corrected chi connectivity index (χ4v) is 3.29. The van der Waals surface area contributed by atoms with Crippen LogP contribution in [0.25, 0.3) is 0 Å². The van der Waals surface area contributed by atoms with E-state index in [1.807, 2.05) is 48.5 Å². The maximum absolute atomic E-state index is 12.6. The van der Waals surface area contributed by atoms with Gasteiger partial charge in [-0.2, -0.15) is 0 Å². The van der Waals surface area contributed by atoms with E-state index in [4.69, 9.17) is 4.74 Å². The highest BCUT2D eigenvalue weighted by Crippen LogP contribution is 2.18. The Hall–Kier alpha value is -2.82. The standard InChI is InChI=1S/C22H26N2O3/c1-3-16-7-9-18(10-8-16)15-24-21(25)20(23-22(24)26)6-4-5-17-11-13-19(27-2)14-12-17/h7-14,20H,3-6,15H2,1-2H3,(H,23,26). The van der Waals surface area contributed by atoms with Crippen LogP contribution in [0.5, 0.6) is 5.75 Å². The molecule has 0 radical (unpaired) electrons. The maximum atomic E-state index is 12.6. The summed E-state index contributed by atoms with van der Waals surface area (Å²) in [4.78, 5) is 26.1. The van der Waals surface area contributed by atoms with E-state index in [0.717, 1.165) is 30.6 Å². The molecule has 0 saturated carbocycles. The fraction of sp³-hybridized carbons (Fsp3) is 0.364. The highest BCUT2D eigenvalue weighted by atomic mass is 16.5. The molecule has 2 aromatic rings.